The van der Waals surface area contributed by atoms with E-state index in [0.29, 0.717) is 6.04 Å². The molecule has 3 unspecified atom stereocenters. The van der Waals surface area contributed by atoms with Crippen molar-refractivity contribution in [3.63, 3.8) is 0 Å². The minimum atomic E-state index is 0.330. The zero-order chi connectivity index (χ0) is 10.4. The third-order valence-corrected chi connectivity index (χ3v) is 5.33. The first-order valence-corrected chi connectivity index (χ1v) is 6.91. The monoisotopic (exact) mass is 221 g/mol. The third kappa shape index (κ3) is 1.64. The SMILES string of the molecule is Cc1ccc(C(N)C2C3CCCCC32)s1. The average molecular weight is 221 g/mol. The largest absolute Gasteiger partial charge is 0.323 e. The van der Waals surface area contributed by atoms with Crippen LogP contribution < -0.4 is 5.73 Å². The van der Waals surface area contributed by atoms with Crippen molar-refractivity contribution in [2.24, 2.45) is 23.5 Å². The highest BCUT2D eigenvalue weighted by Crippen LogP contribution is 2.60. The quantitative estimate of drug-likeness (QED) is 0.813. The van der Waals surface area contributed by atoms with Crippen LogP contribution in [0, 0.1) is 24.7 Å². The Morgan fingerprint density at radius 3 is 2.47 bits per heavy atom. The van der Waals surface area contributed by atoms with E-state index >= 15 is 0 Å². The molecule has 1 aromatic rings. The van der Waals surface area contributed by atoms with Gasteiger partial charge in [-0.1, -0.05) is 12.8 Å². The second-order valence-corrected chi connectivity index (χ2v) is 6.48. The highest BCUT2D eigenvalue weighted by molar-refractivity contribution is 7.12. The lowest BCUT2D eigenvalue weighted by Gasteiger charge is -2.08. The topological polar surface area (TPSA) is 26.0 Å². The predicted molar refractivity (Wildman–Crippen MR) is 64.9 cm³/mol. The lowest BCUT2D eigenvalue weighted by atomic mass is 10.0. The van der Waals surface area contributed by atoms with Crippen molar-refractivity contribution in [3.8, 4) is 0 Å². The van der Waals surface area contributed by atoms with Gasteiger partial charge in [0.15, 0.2) is 0 Å². The van der Waals surface area contributed by atoms with Gasteiger partial charge >= 0.3 is 0 Å². The number of aryl methyl sites for hydroxylation is 1. The fourth-order valence-electron chi connectivity index (χ4n) is 3.40. The van der Waals surface area contributed by atoms with Gasteiger partial charge in [-0.15, -0.1) is 11.3 Å². The van der Waals surface area contributed by atoms with Crippen molar-refractivity contribution in [2.45, 2.75) is 38.6 Å². The molecule has 3 rings (SSSR count). The maximum atomic E-state index is 6.38. The van der Waals surface area contributed by atoms with Crippen LogP contribution in [0.25, 0.3) is 0 Å². The maximum absolute atomic E-state index is 6.38. The summed E-state index contributed by atoms with van der Waals surface area (Å²) in [6, 6.07) is 4.76. The summed E-state index contributed by atoms with van der Waals surface area (Å²) in [5, 5.41) is 0. The highest BCUT2D eigenvalue weighted by Gasteiger charge is 2.53. The van der Waals surface area contributed by atoms with Crippen molar-refractivity contribution < 1.29 is 0 Å². The molecule has 2 N–H and O–H groups in total. The first-order valence-electron chi connectivity index (χ1n) is 6.09. The molecule has 0 bridgehead atoms. The minimum Gasteiger partial charge on any atom is -0.323 e. The fraction of sp³-hybridized carbons (Fsp3) is 0.692. The molecule has 1 heterocycles. The van der Waals surface area contributed by atoms with Gasteiger partial charge in [0.2, 0.25) is 0 Å². The Morgan fingerprint density at radius 1 is 1.27 bits per heavy atom. The van der Waals surface area contributed by atoms with Crippen LogP contribution in [0.5, 0.6) is 0 Å². The molecule has 2 heteroatoms. The summed E-state index contributed by atoms with van der Waals surface area (Å²) < 4.78 is 0. The van der Waals surface area contributed by atoms with E-state index in [2.05, 4.69) is 19.1 Å². The third-order valence-electron chi connectivity index (χ3n) is 4.23. The summed E-state index contributed by atoms with van der Waals surface area (Å²) in [6.07, 6.45) is 5.75. The van der Waals surface area contributed by atoms with Gasteiger partial charge in [0.05, 0.1) is 0 Å². The van der Waals surface area contributed by atoms with Crippen LogP contribution >= 0.6 is 11.3 Å². The molecule has 2 fully saturated rings. The molecule has 3 atom stereocenters. The lowest BCUT2D eigenvalue weighted by Crippen LogP contribution is -2.12. The molecule has 2 aliphatic rings. The van der Waals surface area contributed by atoms with Gasteiger partial charge in [-0.3, -0.25) is 0 Å². The zero-order valence-corrected chi connectivity index (χ0v) is 10.1. The van der Waals surface area contributed by atoms with E-state index in [9.17, 15) is 0 Å². The maximum Gasteiger partial charge on any atom is 0.0424 e. The van der Waals surface area contributed by atoms with Gasteiger partial charge in [-0.05, 0) is 49.7 Å². The number of fused-ring (bicyclic) bond motifs is 1. The molecule has 2 aliphatic carbocycles. The normalized spacial score (nSPS) is 36.0. The molecule has 0 spiro atoms. The molecular formula is C13H19NS. The first kappa shape index (κ1) is 9.86. The van der Waals surface area contributed by atoms with Crippen LogP contribution in [0.3, 0.4) is 0 Å². The zero-order valence-electron chi connectivity index (χ0n) is 9.28. The minimum absolute atomic E-state index is 0.330. The van der Waals surface area contributed by atoms with Crippen molar-refractivity contribution in [1.29, 1.82) is 0 Å². The Bertz CT molecular complexity index is 345. The van der Waals surface area contributed by atoms with Crippen LogP contribution in [-0.2, 0) is 0 Å². The number of nitrogens with two attached hydrogens (primary N) is 1. The van der Waals surface area contributed by atoms with E-state index in [1.807, 2.05) is 11.3 Å². The van der Waals surface area contributed by atoms with E-state index in [0.717, 1.165) is 17.8 Å². The number of thiophene rings is 1. The fourth-order valence-corrected chi connectivity index (χ4v) is 4.34. The molecule has 82 valence electrons. The van der Waals surface area contributed by atoms with Crippen LogP contribution in [0.4, 0.5) is 0 Å². The second kappa shape index (κ2) is 3.60. The number of hydrogen-bond acceptors (Lipinski definition) is 2. The van der Waals surface area contributed by atoms with E-state index in [1.165, 1.54) is 35.4 Å². The number of hydrogen-bond donors (Lipinski definition) is 1. The summed E-state index contributed by atoms with van der Waals surface area (Å²) >= 11 is 1.88. The summed E-state index contributed by atoms with van der Waals surface area (Å²) in [6.45, 7) is 2.17. The van der Waals surface area contributed by atoms with E-state index in [-0.39, 0.29) is 0 Å². The Labute approximate surface area is 95.7 Å². The second-order valence-electron chi connectivity index (χ2n) is 5.16. The molecule has 0 aliphatic heterocycles. The summed E-state index contributed by atoms with van der Waals surface area (Å²) in [4.78, 5) is 2.80. The van der Waals surface area contributed by atoms with Crippen molar-refractivity contribution >= 4 is 11.3 Å². The predicted octanol–water partition coefficient (Wildman–Crippen LogP) is 3.49. The summed E-state index contributed by atoms with van der Waals surface area (Å²) in [5.41, 5.74) is 6.38. The molecule has 15 heavy (non-hydrogen) atoms. The van der Waals surface area contributed by atoms with Crippen LogP contribution in [0.1, 0.15) is 41.5 Å². The molecule has 0 amide bonds. The van der Waals surface area contributed by atoms with Crippen molar-refractivity contribution in [3.05, 3.63) is 21.9 Å². The highest BCUT2D eigenvalue weighted by atomic mass is 32.1. The van der Waals surface area contributed by atoms with Gasteiger partial charge in [0.25, 0.3) is 0 Å². The van der Waals surface area contributed by atoms with E-state index in [1.54, 1.807) is 0 Å². The lowest BCUT2D eigenvalue weighted by molar-refractivity contribution is 0.480. The number of rotatable bonds is 2. The molecule has 2 saturated carbocycles. The molecule has 0 radical (unpaired) electrons. The van der Waals surface area contributed by atoms with Gasteiger partial charge in [0.1, 0.15) is 0 Å². The average Bonchev–Trinajstić information content (AvgIpc) is 2.82. The van der Waals surface area contributed by atoms with Gasteiger partial charge in [-0.25, -0.2) is 0 Å². The van der Waals surface area contributed by atoms with Crippen LogP contribution in [0.2, 0.25) is 0 Å². The van der Waals surface area contributed by atoms with Crippen molar-refractivity contribution in [2.75, 3.05) is 0 Å². The van der Waals surface area contributed by atoms with E-state index in [4.69, 9.17) is 5.73 Å². The van der Waals surface area contributed by atoms with Gasteiger partial charge in [-0.2, -0.15) is 0 Å². The Balaban J connectivity index is 1.73. The molecule has 0 saturated heterocycles. The van der Waals surface area contributed by atoms with E-state index < -0.39 is 0 Å². The standard InChI is InChI=1S/C13H19NS/c1-8-6-7-11(15-8)13(14)12-9-4-2-3-5-10(9)12/h6-7,9-10,12-13H,2-5,14H2,1H3. The summed E-state index contributed by atoms with van der Waals surface area (Å²) in [7, 11) is 0. The molecule has 0 aromatic carbocycles. The summed E-state index contributed by atoms with van der Waals surface area (Å²) in [5.74, 6) is 2.75. The van der Waals surface area contributed by atoms with Crippen LogP contribution in [0.15, 0.2) is 12.1 Å². The molecule has 1 aromatic heterocycles. The Morgan fingerprint density at radius 2 is 1.93 bits per heavy atom. The van der Waals surface area contributed by atoms with Crippen molar-refractivity contribution in [1.82, 2.24) is 0 Å². The van der Waals surface area contributed by atoms with Gasteiger partial charge in [0, 0.05) is 15.8 Å². The smallest absolute Gasteiger partial charge is 0.0424 e. The first-order chi connectivity index (χ1) is 7.27. The Hall–Kier alpha value is -0.340. The van der Waals surface area contributed by atoms with Gasteiger partial charge < -0.3 is 5.73 Å². The molecule has 1 nitrogen and oxygen atoms in total. The molecular weight excluding hydrogens is 202 g/mol. The Kier molecular flexibility index (Phi) is 2.37. The van der Waals surface area contributed by atoms with Crippen LogP contribution in [-0.4, -0.2) is 0 Å².